The summed E-state index contributed by atoms with van der Waals surface area (Å²) < 4.78 is 0. The molecule has 6 rings (SSSR count). The summed E-state index contributed by atoms with van der Waals surface area (Å²) in [5, 5.41) is 10.3. The third kappa shape index (κ3) is 14.0. The summed E-state index contributed by atoms with van der Waals surface area (Å²) in [6.45, 7) is 2.00. The van der Waals surface area contributed by atoms with Crippen molar-refractivity contribution < 1.29 is 0 Å². The lowest BCUT2D eigenvalue weighted by atomic mass is 10.1. The fraction of sp³-hybridized carbons (Fsp3) is 0.178. The van der Waals surface area contributed by atoms with E-state index in [0.717, 1.165) is 45.5 Å². The number of aromatic nitrogens is 4. The van der Waals surface area contributed by atoms with Crippen molar-refractivity contribution in [3.05, 3.63) is 192 Å². The van der Waals surface area contributed by atoms with Crippen LogP contribution < -0.4 is 43.6 Å². The van der Waals surface area contributed by atoms with Crippen LogP contribution in [-0.4, -0.2) is 82.5 Å². The smallest absolute Gasteiger partial charge is 0.272 e. The SMILES string of the molecule is CN(C)CCSc1ccc(/C=c2\[nH]c(=O)/c(=C/c3ccc(C#N)cc3)[nH]c2=O)cc1.CN(C)CCSc1ccc(/C=c2\[nH]c(=O)/c(=C/c3ccc(Cl)c(Cl)c3)[nH]c2=O)cc1. The van der Waals surface area contributed by atoms with Gasteiger partial charge in [-0.25, -0.2) is 0 Å². The number of halogens is 2. The summed E-state index contributed by atoms with van der Waals surface area (Å²) in [4.78, 5) is 66.8. The van der Waals surface area contributed by atoms with Gasteiger partial charge in [-0.3, -0.25) is 19.2 Å². The van der Waals surface area contributed by atoms with E-state index in [1.165, 1.54) is 0 Å². The van der Waals surface area contributed by atoms with Crippen LogP contribution in [0.2, 0.25) is 10.0 Å². The molecule has 0 unspecified atom stereocenters. The molecule has 2 heterocycles. The van der Waals surface area contributed by atoms with E-state index < -0.39 is 5.56 Å². The molecular weight excluding hydrogens is 838 g/mol. The molecule has 0 aliphatic rings. The minimum absolute atomic E-state index is 0.142. The second kappa shape index (κ2) is 22.1. The average Bonchev–Trinajstić information content (AvgIpc) is 3.21. The van der Waals surface area contributed by atoms with E-state index in [-0.39, 0.29) is 38.1 Å². The van der Waals surface area contributed by atoms with Crippen LogP contribution in [0, 0.1) is 11.3 Å². The van der Waals surface area contributed by atoms with E-state index in [2.05, 4.69) is 29.7 Å². The van der Waals surface area contributed by atoms with Crippen molar-refractivity contribution in [3.8, 4) is 6.07 Å². The Morgan fingerprint density at radius 2 is 0.850 bits per heavy atom. The predicted octanol–water partition coefficient (Wildman–Crippen LogP) is 3.93. The molecule has 2 aromatic heterocycles. The molecule has 0 amide bonds. The maximum atomic E-state index is 12.4. The fourth-order valence-corrected chi connectivity index (χ4v) is 7.68. The van der Waals surface area contributed by atoms with Crippen LogP contribution in [0.5, 0.6) is 0 Å². The molecule has 0 aliphatic heterocycles. The second-order valence-corrected chi connectivity index (χ2v) is 17.0. The first-order valence-corrected chi connectivity index (χ1v) is 21.3. The first-order chi connectivity index (χ1) is 28.8. The molecule has 0 spiro atoms. The van der Waals surface area contributed by atoms with Crippen LogP contribution in [-0.2, 0) is 0 Å². The number of hydrogen-bond donors (Lipinski definition) is 4. The largest absolute Gasteiger partial charge is 0.316 e. The van der Waals surface area contributed by atoms with E-state index in [4.69, 9.17) is 28.5 Å². The van der Waals surface area contributed by atoms with Gasteiger partial charge in [0.15, 0.2) is 0 Å². The molecule has 60 heavy (non-hydrogen) atoms. The van der Waals surface area contributed by atoms with E-state index in [1.807, 2.05) is 82.8 Å². The maximum Gasteiger partial charge on any atom is 0.272 e. The Morgan fingerprint density at radius 1 is 0.517 bits per heavy atom. The molecule has 0 saturated heterocycles. The minimum Gasteiger partial charge on any atom is -0.316 e. The number of aromatic amines is 4. The highest BCUT2D eigenvalue weighted by Gasteiger charge is 2.03. The molecule has 308 valence electrons. The lowest BCUT2D eigenvalue weighted by Gasteiger charge is -2.08. The van der Waals surface area contributed by atoms with Gasteiger partial charge in [-0.2, -0.15) is 5.26 Å². The zero-order valence-electron chi connectivity index (χ0n) is 33.3. The average molecular weight is 881 g/mol. The number of hydrogen-bond acceptors (Lipinski definition) is 9. The van der Waals surface area contributed by atoms with Crippen LogP contribution >= 0.6 is 46.7 Å². The van der Waals surface area contributed by atoms with E-state index >= 15 is 0 Å². The van der Waals surface area contributed by atoms with Crippen molar-refractivity contribution in [2.45, 2.75) is 9.79 Å². The van der Waals surface area contributed by atoms with Crippen molar-refractivity contribution >= 4 is 71.0 Å². The third-order valence-electron chi connectivity index (χ3n) is 8.57. The quantitative estimate of drug-likeness (QED) is 0.134. The summed E-state index contributed by atoms with van der Waals surface area (Å²) in [5.74, 6) is 2.00. The Kier molecular flexibility index (Phi) is 16.8. The molecule has 4 N–H and O–H groups in total. The Labute approximate surface area is 364 Å². The lowest BCUT2D eigenvalue weighted by molar-refractivity contribution is 0.437. The highest BCUT2D eigenvalue weighted by Crippen LogP contribution is 2.23. The number of nitrogens with zero attached hydrogens (tertiary/aromatic N) is 3. The first-order valence-electron chi connectivity index (χ1n) is 18.6. The lowest BCUT2D eigenvalue weighted by Crippen LogP contribution is -2.46. The van der Waals surface area contributed by atoms with Crippen LogP contribution in [0.1, 0.15) is 27.8 Å². The molecular formula is C45H43Cl2N7O4S2. The van der Waals surface area contributed by atoms with Crippen LogP contribution in [0.4, 0.5) is 0 Å². The summed E-state index contributed by atoms with van der Waals surface area (Å²) in [6, 6.07) is 29.5. The van der Waals surface area contributed by atoms with Gasteiger partial charge >= 0.3 is 0 Å². The minimum atomic E-state index is -0.400. The van der Waals surface area contributed by atoms with Gasteiger partial charge in [-0.15, -0.1) is 23.5 Å². The molecule has 0 radical (unpaired) electrons. The van der Waals surface area contributed by atoms with Crippen molar-refractivity contribution in [1.29, 1.82) is 5.26 Å². The number of benzene rings is 4. The molecule has 11 nitrogen and oxygen atoms in total. The van der Waals surface area contributed by atoms with Crippen LogP contribution in [0.15, 0.2) is 120 Å². The normalized spacial score (nSPS) is 12.5. The number of nitriles is 1. The van der Waals surface area contributed by atoms with E-state index in [9.17, 15) is 19.2 Å². The second-order valence-electron chi connectivity index (χ2n) is 13.9. The molecule has 0 fully saturated rings. The van der Waals surface area contributed by atoms with Crippen molar-refractivity contribution in [2.75, 3.05) is 52.8 Å². The van der Waals surface area contributed by atoms with Gasteiger partial charge in [0.2, 0.25) is 0 Å². The Balaban J connectivity index is 0.000000228. The summed E-state index contributed by atoms with van der Waals surface area (Å²) in [7, 11) is 8.18. The zero-order chi connectivity index (χ0) is 43.2. The molecule has 4 aromatic carbocycles. The number of rotatable bonds is 12. The molecule has 15 heteroatoms. The summed E-state index contributed by atoms with van der Waals surface area (Å²) in [6.07, 6.45) is 6.42. The summed E-state index contributed by atoms with van der Waals surface area (Å²) >= 11 is 15.4. The molecule has 0 bridgehead atoms. The van der Waals surface area contributed by atoms with Crippen molar-refractivity contribution in [2.24, 2.45) is 0 Å². The molecule has 0 atom stereocenters. The van der Waals surface area contributed by atoms with Gasteiger partial charge in [0.1, 0.15) is 21.4 Å². The summed E-state index contributed by atoms with van der Waals surface area (Å²) in [5.41, 5.74) is 2.01. The van der Waals surface area contributed by atoms with Crippen molar-refractivity contribution in [1.82, 2.24) is 29.7 Å². The first kappa shape index (κ1) is 45.5. The van der Waals surface area contributed by atoms with Gasteiger partial charge < -0.3 is 29.7 Å². The van der Waals surface area contributed by atoms with Gasteiger partial charge in [-0.05, 0) is 123 Å². The Bertz CT molecular complexity index is 2960. The monoisotopic (exact) mass is 879 g/mol. The maximum absolute atomic E-state index is 12.4. The Morgan fingerprint density at radius 3 is 1.18 bits per heavy atom. The van der Waals surface area contributed by atoms with Crippen LogP contribution in [0.25, 0.3) is 24.3 Å². The molecule has 6 aromatic rings. The third-order valence-corrected chi connectivity index (χ3v) is 11.3. The van der Waals surface area contributed by atoms with E-state index in [0.29, 0.717) is 26.7 Å². The highest BCUT2D eigenvalue weighted by molar-refractivity contribution is 7.99. The van der Waals surface area contributed by atoms with Gasteiger partial charge in [0.25, 0.3) is 22.2 Å². The topological polar surface area (TPSA) is 162 Å². The van der Waals surface area contributed by atoms with Gasteiger partial charge in [-0.1, -0.05) is 65.7 Å². The Hall–Kier alpha value is -5.59. The molecule has 0 saturated carbocycles. The highest BCUT2D eigenvalue weighted by atomic mass is 35.5. The zero-order valence-corrected chi connectivity index (χ0v) is 36.5. The predicted molar refractivity (Wildman–Crippen MR) is 247 cm³/mol. The van der Waals surface area contributed by atoms with Gasteiger partial charge in [0.05, 0.1) is 21.7 Å². The number of nitrogens with one attached hydrogen (secondary N) is 4. The molecule has 0 aliphatic carbocycles. The number of thioether (sulfide) groups is 2. The fourth-order valence-electron chi connectivity index (χ4n) is 5.33. The number of H-pyrrole nitrogens is 4. The van der Waals surface area contributed by atoms with Gasteiger partial charge in [0, 0.05) is 34.4 Å². The van der Waals surface area contributed by atoms with E-state index in [1.54, 1.807) is 90.3 Å². The standard InChI is InChI=1S/C23H22N4O2S.C22H21Cl2N3O2S/c1-27(2)11-12-30-19-9-7-17(8-10-19)14-21-23(29)25-20(22(28)26-21)13-16-3-5-18(15-24)6-4-16;1-27(2)9-10-30-16-6-3-14(4-7-16)12-19-21(28)26-20(22(29)25-19)13-15-5-8-17(23)18(24)11-15/h3-10,13-14H,11-12H2,1-2H3,(H,25,29)(H,26,28);3-8,11-13H,9-10H2,1-2H3,(H,25,29)(H,26,28)/b20-13-,21-14-;19-12-,20-13-. The van der Waals surface area contributed by atoms with Crippen LogP contribution in [0.3, 0.4) is 0 Å². The van der Waals surface area contributed by atoms with Crippen molar-refractivity contribution in [3.63, 3.8) is 0 Å².